The summed E-state index contributed by atoms with van der Waals surface area (Å²) in [5.41, 5.74) is 1.24. The van der Waals surface area contributed by atoms with E-state index in [1.807, 2.05) is 19.2 Å². The largest absolute Gasteiger partial charge is 0.488 e. The average Bonchev–Trinajstić information content (AvgIpc) is 2.35. The molecule has 2 N–H and O–H groups in total. The highest BCUT2D eigenvalue weighted by Gasteiger charge is 2.24. The van der Waals surface area contributed by atoms with Gasteiger partial charge in [0.2, 0.25) is 0 Å². The first-order chi connectivity index (χ1) is 8.29. The van der Waals surface area contributed by atoms with Crippen LogP contribution in [-0.2, 0) is 6.54 Å². The summed E-state index contributed by atoms with van der Waals surface area (Å²) in [5.74, 6) is 0.857. The molecule has 1 aromatic carbocycles. The normalized spacial score (nSPS) is 24.6. The van der Waals surface area contributed by atoms with Crippen LogP contribution in [-0.4, -0.2) is 24.4 Å². The number of hydrogen-bond acceptors (Lipinski definition) is 3. The van der Waals surface area contributed by atoms with Crippen LogP contribution in [0.2, 0.25) is 0 Å². The molecule has 0 heterocycles. The van der Waals surface area contributed by atoms with E-state index >= 15 is 0 Å². The molecule has 2 unspecified atom stereocenters. The van der Waals surface area contributed by atoms with Gasteiger partial charge in [0.25, 0.3) is 0 Å². The second-order valence-electron chi connectivity index (χ2n) is 4.68. The molecule has 1 aromatic rings. The Morgan fingerprint density at radius 1 is 1.24 bits per heavy atom. The highest BCUT2D eigenvalue weighted by atomic mass is 16.5. The van der Waals surface area contributed by atoms with E-state index in [-0.39, 0.29) is 12.2 Å². The molecule has 0 amide bonds. The molecule has 0 aliphatic heterocycles. The van der Waals surface area contributed by atoms with Gasteiger partial charge in [0.05, 0.1) is 6.10 Å². The standard InChI is InChI=1S/C14H21NO2/c1-15-10-11-6-8-12(9-7-11)17-14-5-3-2-4-13(14)16/h6-9,13-16H,2-5,10H2,1H3. The lowest BCUT2D eigenvalue weighted by Gasteiger charge is -2.28. The quantitative estimate of drug-likeness (QED) is 0.839. The molecule has 94 valence electrons. The zero-order chi connectivity index (χ0) is 12.1. The van der Waals surface area contributed by atoms with Crippen LogP contribution in [0, 0.1) is 0 Å². The molecule has 1 fully saturated rings. The summed E-state index contributed by atoms with van der Waals surface area (Å²) in [7, 11) is 1.93. The van der Waals surface area contributed by atoms with Gasteiger partial charge in [-0.05, 0) is 44.0 Å². The maximum absolute atomic E-state index is 9.83. The molecule has 0 saturated heterocycles. The Kier molecular flexibility index (Phi) is 4.40. The minimum Gasteiger partial charge on any atom is -0.488 e. The molecule has 0 radical (unpaired) electrons. The van der Waals surface area contributed by atoms with Gasteiger partial charge in [-0.1, -0.05) is 18.6 Å². The second kappa shape index (κ2) is 6.03. The Morgan fingerprint density at radius 3 is 2.59 bits per heavy atom. The fraction of sp³-hybridized carbons (Fsp3) is 0.571. The summed E-state index contributed by atoms with van der Waals surface area (Å²) in [6.45, 7) is 0.867. The molecule has 17 heavy (non-hydrogen) atoms. The number of aliphatic hydroxyl groups is 1. The zero-order valence-electron chi connectivity index (χ0n) is 10.4. The Balaban J connectivity index is 1.93. The van der Waals surface area contributed by atoms with Crippen LogP contribution in [0.3, 0.4) is 0 Å². The van der Waals surface area contributed by atoms with Crippen molar-refractivity contribution in [2.24, 2.45) is 0 Å². The van der Waals surface area contributed by atoms with Crippen LogP contribution < -0.4 is 10.1 Å². The molecule has 0 spiro atoms. The van der Waals surface area contributed by atoms with E-state index < -0.39 is 0 Å². The Hall–Kier alpha value is -1.06. The fourth-order valence-electron chi connectivity index (χ4n) is 2.28. The summed E-state index contributed by atoms with van der Waals surface area (Å²) < 4.78 is 5.83. The number of ether oxygens (including phenoxy) is 1. The minimum absolute atomic E-state index is 0.0288. The summed E-state index contributed by atoms with van der Waals surface area (Å²) in [6, 6.07) is 8.07. The van der Waals surface area contributed by atoms with Crippen molar-refractivity contribution in [3.63, 3.8) is 0 Å². The molecule has 0 aromatic heterocycles. The lowest BCUT2D eigenvalue weighted by molar-refractivity contribution is 0.00687. The van der Waals surface area contributed by atoms with Crippen molar-refractivity contribution in [1.82, 2.24) is 5.32 Å². The van der Waals surface area contributed by atoms with Gasteiger partial charge in [0.15, 0.2) is 0 Å². The van der Waals surface area contributed by atoms with Gasteiger partial charge in [-0.25, -0.2) is 0 Å². The van der Waals surface area contributed by atoms with Gasteiger partial charge in [0, 0.05) is 6.54 Å². The van der Waals surface area contributed by atoms with Crippen LogP contribution in [0.1, 0.15) is 31.2 Å². The van der Waals surface area contributed by atoms with Crippen LogP contribution >= 0.6 is 0 Å². The lowest BCUT2D eigenvalue weighted by atomic mass is 9.95. The third-order valence-electron chi connectivity index (χ3n) is 3.26. The first kappa shape index (κ1) is 12.4. The van der Waals surface area contributed by atoms with Crippen LogP contribution in [0.25, 0.3) is 0 Å². The van der Waals surface area contributed by atoms with Gasteiger partial charge in [-0.3, -0.25) is 0 Å². The molecular formula is C14H21NO2. The zero-order valence-corrected chi connectivity index (χ0v) is 10.4. The maximum atomic E-state index is 9.83. The van der Waals surface area contributed by atoms with Crippen molar-refractivity contribution in [2.45, 2.75) is 44.4 Å². The monoisotopic (exact) mass is 235 g/mol. The lowest BCUT2D eigenvalue weighted by Crippen LogP contribution is -2.34. The third-order valence-corrected chi connectivity index (χ3v) is 3.26. The number of nitrogens with one attached hydrogen (secondary N) is 1. The van der Waals surface area contributed by atoms with Gasteiger partial charge in [-0.15, -0.1) is 0 Å². The first-order valence-electron chi connectivity index (χ1n) is 6.38. The van der Waals surface area contributed by atoms with Crippen molar-refractivity contribution in [2.75, 3.05) is 7.05 Å². The molecule has 1 aliphatic carbocycles. The number of aliphatic hydroxyl groups excluding tert-OH is 1. The predicted molar refractivity (Wildman–Crippen MR) is 68.1 cm³/mol. The van der Waals surface area contributed by atoms with E-state index in [1.165, 1.54) is 5.56 Å². The molecule has 1 saturated carbocycles. The van der Waals surface area contributed by atoms with Crippen LogP contribution in [0.5, 0.6) is 5.75 Å². The van der Waals surface area contributed by atoms with Crippen molar-refractivity contribution in [3.05, 3.63) is 29.8 Å². The second-order valence-corrected chi connectivity index (χ2v) is 4.68. The van der Waals surface area contributed by atoms with E-state index in [0.29, 0.717) is 0 Å². The van der Waals surface area contributed by atoms with Crippen molar-refractivity contribution in [1.29, 1.82) is 0 Å². The van der Waals surface area contributed by atoms with Crippen molar-refractivity contribution >= 4 is 0 Å². The van der Waals surface area contributed by atoms with Crippen molar-refractivity contribution in [3.8, 4) is 5.75 Å². The minimum atomic E-state index is -0.305. The predicted octanol–water partition coefficient (Wildman–Crippen LogP) is 2.09. The molecule has 2 rings (SSSR count). The van der Waals surface area contributed by atoms with Crippen LogP contribution in [0.4, 0.5) is 0 Å². The van der Waals surface area contributed by atoms with Gasteiger partial charge in [-0.2, -0.15) is 0 Å². The Labute approximate surface area is 103 Å². The molecule has 3 heteroatoms. The Morgan fingerprint density at radius 2 is 1.94 bits per heavy atom. The third kappa shape index (κ3) is 3.45. The number of hydrogen-bond donors (Lipinski definition) is 2. The SMILES string of the molecule is CNCc1ccc(OC2CCCCC2O)cc1. The summed E-state index contributed by atoms with van der Waals surface area (Å²) in [5, 5.41) is 12.9. The highest BCUT2D eigenvalue weighted by molar-refractivity contribution is 5.27. The van der Waals surface area contributed by atoms with E-state index in [2.05, 4.69) is 17.4 Å². The first-order valence-corrected chi connectivity index (χ1v) is 6.38. The number of benzene rings is 1. The van der Waals surface area contributed by atoms with E-state index in [9.17, 15) is 5.11 Å². The van der Waals surface area contributed by atoms with Gasteiger partial charge in [0.1, 0.15) is 11.9 Å². The molecule has 1 aliphatic rings. The molecular weight excluding hydrogens is 214 g/mol. The highest BCUT2D eigenvalue weighted by Crippen LogP contribution is 2.24. The van der Waals surface area contributed by atoms with Gasteiger partial charge >= 0.3 is 0 Å². The summed E-state index contributed by atoms with van der Waals surface area (Å²) in [4.78, 5) is 0. The van der Waals surface area contributed by atoms with Gasteiger partial charge < -0.3 is 15.2 Å². The Bertz CT molecular complexity index is 337. The summed E-state index contributed by atoms with van der Waals surface area (Å²) in [6.07, 6.45) is 3.75. The average molecular weight is 235 g/mol. The maximum Gasteiger partial charge on any atom is 0.124 e. The van der Waals surface area contributed by atoms with Crippen molar-refractivity contribution < 1.29 is 9.84 Å². The van der Waals surface area contributed by atoms with E-state index in [1.54, 1.807) is 0 Å². The fourth-order valence-corrected chi connectivity index (χ4v) is 2.28. The molecule has 2 atom stereocenters. The topological polar surface area (TPSA) is 41.5 Å². The summed E-state index contributed by atoms with van der Waals surface area (Å²) >= 11 is 0. The van der Waals surface area contributed by atoms with E-state index in [4.69, 9.17) is 4.74 Å². The smallest absolute Gasteiger partial charge is 0.124 e. The molecule has 3 nitrogen and oxygen atoms in total. The van der Waals surface area contributed by atoms with Crippen LogP contribution in [0.15, 0.2) is 24.3 Å². The number of rotatable bonds is 4. The van der Waals surface area contributed by atoms with E-state index in [0.717, 1.165) is 38.0 Å². The molecule has 0 bridgehead atoms.